The van der Waals surface area contributed by atoms with Gasteiger partial charge in [0.1, 0.15) is 11.4 Å². The van der Waals surface area contributed by atoms with E-state index in [1.54, 1.807) is 0 Å². The van der Waals surface area contributed by atoms with Crippen molar-refractivity contribution in [2.24, 2.45) is 0 Å². The minimum absolute atomic E-state index is 0.0320. The molecule has 0 saturated carbocycles. The molecule has 1 saturated heterocycles. The number of hydrogen-bond donors (Lipinski definition) is 2. The van der Waals surface area contributed by atoms with Crippen molar-refractivity contribution < 1.29 is 19.1 Å². The Morgan fingerprint density at radius 3 is 2.67 bits per heavy atom. The summed E-state index contributed by atoms with van der Waals surface area (Å²) >= 11 is 0. The third-order valence-corrected chi connectivity index (χ3v) is 4.95. The van der Waals surface area contributed by atoms with Gasteiger partial charge in [-0.2, -0.15) is 4.98 Å². The first-order chi connectivity index (χ1) is 14.3. The van der Waals surface area contributed by atoms with E-state index in [1.165, 1.54) is 48.1 Å². The third-order valence-electron chi connectivity index (χ3n) is 4.95. The Morgan fingerprint density at radius 1 is 1.27 bits per heavy atom. The number of aromatic nitrogens is 3. The van der Waals surface area contributed by atoms with Gasteiger partial charge in [0, 0.05) is 44.1 Å². The van der Waals surface area contributed by atoms with Gasteiger partial charge in [0.05, 0.1) is 5.39 Å². The molecule has 1 aromatic carbocycles. The molecule has 0 radical (unpaired) electrons. The SMILES string of the molecule is CC(=O)NC1CCN(c2ncc3c(=O)c(C(=O)O)cn(-c4ccc(F)cc4)c3n2)C1. The van der Waals surface area contributed by atoms with Crippen LogP contribution in [0, 0.1) is 5.82 Å². The van der Waals surface area contributed by atoms with Crippen LogP contribution < -0.4 is 15.6 Å². The van der Waals surface area contributed by atoms with Gasteiger partial charge in [0.2, 0.25) is 17.3 Å². The quantitative estimate of drug-likeness (QED) is 0.665. The maximum absolute atomic E-state index is 13.4. The van der Waals surface area contributed by atoms with Crippen molar-refractivity contribution in [2.45, 2.75) is 19.4 Å². The summed E-state index contributed by atoms with van der Waals surface area (Å²) in [5, 5.41) is 12.3. The smallest absolute Gasteiger partial charge is 0.341 e. The third kappa shape index (κ3) is 3.59. The van der Waals surface area contributed by atoms with Gasteiger partial charge in [-0.05, 0) is 30.7 Å². The maximum Gasteiger partial charge on any atom is 0.341 e. The van der Waals surface area contributed by atoms with Crippen LogP contribution in [0.3, 0.4) is 0 Å². The summed E-state index contributed by atoms with van der Waals surface area (Å²) in [6.45, 7) is 2.58. The molecule has 9 nitrogen and oxygen atoms in total. The van der Waals surface area contributed by atoms with Crippen LogP contribution in [0.2, 0.25) is 0 Å². The highest BCUT2D eigenvalue weighted by atomic mass is 19.1. The number of hydrogen-bond acceptors (Lipinski definition) is 6. The summed E-state index contributed by atoms with van der Waals surface area (Å²) < 4.78 is 14.8. The molecule has 0 spiro atoms. The summed E-state index contributed by atoms with van der Waals surface area (Å²) in [5.41, 5.74) is -0.467. The van der Waals surface area contributed by atoms with Gasteiger partial charge in [0.15, 0.2) is 5.65 Å². The Balaban J connectivity index is 1.84. The largest absolute Gasteiger partial charge is 0.477 e. The van der Waals surface area contributed by atoms with Crippen LogP contribution in [0.1, 0.15) is 23.7 Å². The maximum atomic E-state index is 13.4. The van der Waals surface area contributed by atoms with E-state index in [0.717, 1.165) is 6.42 Å². The first kappa shape index (κ1) is 19.5. The second kappa shape index (κ2) is 7.54. The van der Waals surface area contributed by atoms with E-state index in [4.69, 9.17) is 0 Å². The van der Waals surface area contributed by atoms with Crippen LogP contribution in [-0.4, -0.2) is 50.6 Å². The number of carboxylic acid groups (broad SMARTS) is 1. The van der Waals surface area contributed by atoms with E-state index >= 15 is 0 Å². The molecule has 3 aromatic rings. The van der Waals surface area contributed by atoms with Crippen LogP contribution in [-0.2, 0) is 4.79 Å². The number of aromatic carboxylic acids is 1. The predicted octanol–water partition coefficient (Wildman–Crippen LogP) is 1.33. The molecule has 2 aromatic heterocycles. The molecule has 0 bridgehead atoms. The average molecular weight is 411 g/mol. The fourth-order valence-corrected chi connectivity index (χ4v) is 3.55. The Bertz CT molecular complexity index is 1210. The molecule has 1 unspecified atom stereocenters. The lowest BCUT2D eigenvalue weighted by Crippen LogP contribution is -2.36. The number of nitrogens with zero attached hydrogens (tertiary/aromatic N) is 4. The zero-order valence-electron chi connectivity index (χ0n) is 16.0. The number of benzene rings is 1. The molecule has 1 fully saturated rings. The van der Waals surface area contributed by atoms with Crippen molar-refractivity contribution in [3.05, 3.63) is 58.3 Å². The van der Waals surface area contributed by atoms with Crippen molar-refractivity contribution >= 4 is 28.9 Å². The molecular formula is C20H18FN5O4. The van der Waals surface area contributed by atoms with Crippen LogP contribution in [0.4, 0.5) is 10.3 Å². The molecule has 30 heavy (non-hydrogen) atoms. The van der Waals surface area contributed by atoms with Crippen LogP contribution in [0.25, 0.3) is 16.7 Å². The minimum atomic E-state index is -1.38. The number of anilines is 1. The highest BCUT2D eigenvalue weighted by Crippen LogP contribution is 2.21. The second-order valence-electron chi connectivity index (χ2n) is 7.06. The number of carbonyl (C=O) groups excluding carboxylic acids is 1. The summed E-state index contributed by atoms with van der Waals surface area (Å²) in [6, 6.07) is 5.38. The Labute approximate surface area is 169 Å². The van der Waals surface area contributed by atoms with Crippen molar-refractivity contribution in [2.75, 3.05) is 18.0 Å². The monoisotopic (exact) mass is 411 g/mol. The van der Waals surface area contributed by atoms with E-state index in [-0.39, 0.29) is 23.0 Å². The molecule has 1 amide bonds. The zero-order chi connectivity index (χ0) is 21.4. The fraction of sp³-hybridized carbons (Fsp3) is 0.250. The lowest BCUT2D eigenvalue weighted by molar-refractivity contribution is -0.119. The second-order valence-corrected chi connectivity index (χ2v) is 7.06. The molecule has 0 aliphatic carbocycles. The molecule has 1 atom stereocenters. The van der Waals surface area contributed by atoms with Gasteiger partial charge in [-0.3, -0.25) is 9.59 Å². The topological polar surface area (TPSA) is 117 Å². The van der Waals surface area contributed by atoms with E-state index in [1.807, 2.05) is 4.90 Å². The summed E-state index contributed by atoms with van der Waals surface area (Å²) in [6.07, 6.45) is 3.21. The van der Waals surface area contributed by atoms with Gasteiger partial charge in [-0.25, -0.2) is 14.2 Å². The molecular weight excluding hydrogens is 393 g/mol. The predicted molar refractivity (Wildman–Crippen MR) is 106 cm³/mol. The zero-order valence-corrected chi connectivity index (χ0v) is 16.0. The average Bonchev–Trinajstić information content (AvgIpc) is 3.16. The number of amides is 1. The van der Waals surface area contributed by atoms with E-state index in [0.29, 0.717) is 24.7 Å². The fourth-order valence-electron chi connectivity index (χ4n) is 3.55. The first-order valence-electron chi connectivity index (χ1n) is 9.27. The lowest BCUT2D eigenvalue weighted by Gasteiger charge is -2.18. The van der Waals surface area contributed by atoms with Gasteiger partial charge in [0.25, 0.3) is 0 Å². The van der Waals surface area contributed by atoms with Crippen molar-refractivity contribution in [3.8, 4) is 5.69 Å². The van der Waals surface area contributed by atoms with Crippen LogP contribution in [0.15, 0.2) is 41.5 Å². The van der Waals surface area contributed by atoms with Gasteiger partial charge in [-0.1, -0.05) is 0 Å². The standard InChI is InChI=1S/C20H18FN5O4/c1-11(27)23-13-6-7-25(9-13)20-22-8-15-17(28)16(19(29)30)10-26(18(15)24-20)14-4-2-12(21)3-5-14/h2-5,8,10,13H,6-7,9H2,1H3,(H,23,27)(H,29,30). The molecule has 3 heterocycles. The molecule has 1 aliphatic heterocycles. The number of pyridine rings is 1. The number of carbonyl (C=O) groups is 2. The van der Waals surface area contributed by atoms with Crippen molar-refractivity contribution in [1.82, 2.24) is 19.9 Å². The Morgan fingerprint density at radius 2 is 2.00 bits per heavy atom. The molecule has 154 valence electrons. The molecule has 4 rings (SSSR count). The van der Waals surface area contributed by atoms with Gasteiger partial charge >= 0.3 is 5.97 Å². The van der Waals surface area contributed by atoms with E-state index < -0.39 is 22.8 Å². The number of rotatable bonds is 4. The molecule has 2 N–H and O–H groups in total. The highest BCUT2D eigenvalue weighted by Gasteiger charge is 2.26. The Kier molecular flexibility index (Phi) is 4.90. The summed E-state index contributed by atoms with van der Waals surface area (Å²) in [5.74, 6) is -1.58. The van der Waals surface area contributed by atoms with Gasteiger partial charge in [-0.15, -0.1) is 0 Å². The van der Waals surface area contributed by atoms with E-state index in [2.05, 4.69) is 15.3 Å². The summed E-state index contributed by atoms with van der Waals surface area (Å²) in [7, 11) is 0. The van der Waals surface area contributed by atoms with Crippen molar-refractivity contribution in [1.29, 1.82) is 0 Å². The normalized spacial score (nSPS) is 16.1. The van der Waals surface area contributed by atoms with E-state index in [9.17, 15) is 23.9 Å². The van der Waals surface area contributed by atoms with Crippen LogP contribution >= 0.6 is 0 Å². The van der Waals surface area contributed by atoms with Gasteiger partial charge < -0.3 is 19.9 Å². The number of halogens is 1. The minimum Gasteiger partial charge on any atom is -0.477 e. The number of fused-ring (bicyclic) bond motifs is 1. The number of nitrogens with one attached hydrogen (secondary N) is 1. The molecule has 1 aliphatic rings. The summed E-state index contributed by atoms with van der Waals surface area (Å²) in [4.78, 5) is 46.1. The van der Waals surface area contributed by atoms with Crippen LogP contribution in [0.5, 0.6) is 0 Å². The molecule has 10 heteroatoms. The lowest BCUT2D eigenvalue weighted by atomic mass is 10.2. The number of carboxylic acids is 1. The Hall–Kier alpha value is -3.82. The highest BCUT2D eigenvalue weighted by molar-refractivity contribution is 5.92. The first-order valence-corrected chi connectivity index (χ1v) is 9.27. The van der Waals surface area contributed by atoms with Crippen molar-refractivity contribution in [3.63, 3.8) is 0 Å².